The highest BCUT2D eigenvalue weighted by molar-refractivity contribution is 6.03. The van der Waals surface area contributed by atoms with Crippen LogP contribution in [0.1, 0.15) is 121 Å². The molecule has 15 nitrogen and oxygen atoms in total. The summed E-state index contributed by atoms with van der Waals surface area (Å²) in [7, 11) is 0. The fraction of sp³-hybridized carbons (Fsp3) is 0.574. The summed E-state index contributed by atoms with van der Waals surface area (Å²) in [5, 5.41) is 12.9. The van der Waals surface area contributed by atoms with Crippen molar-refractivity contribution in [2.75, 3.05) is 31.5 Å². The van der Waals surface area contributed by atoms with Crippen LogP contribution in [0.15, 0.2) is 54.6 Å². The molecule has 2 fully saturated rings. The average molecular weight is 859 g/mol. The summed E-state index contributed by atoms with van der Waals surface area (Å²) in [5.41, 5.74) is 2.04. The SMILES string of the molecule is CCCCC(C)C1CC(=O)N(CCCCCC(=O)NCC(=O)NCC(=O)N[C@@H](Cc2ccccc2)C(=O)NCC(=O)Nc2ccc(COC(=O)C3CCCCCCC3)cc2)C1=O. The highest BCUT2D eigenvalue weighted by atomic mass is 16.5. The Morgan fingerprint density at radius 1 is 0.726 bits per heavy atom. The van der Waals surface area contributed by atoms with E-state index in [9.17, 15) is 38.4 Å². The summed E-state index contributed by atoms with van der Waals surface area (Å²) >= 11 is 0. The van der Waals surface area contributed by atoms with E-state index in [2.05, 4.69) is 33.5 Å². The lowest BCUT2D eigenvalue weighted by Crippen LogP contribution is -2.52. The van der Waals surface area contributed by atoms with Gasteiger partial charge in [0.2, 0.25) is 41.4 Å². The second kappa shape index (κ2) is 26.7. The number of esters is 1. The number of amides is 7. The zero-order valence-corrected chi connectivity index (χ0v) is 36.5. The molecule has 5 N–H and O–H groups in total. The van der Waals surface area contributed by atoms with E-state index < -0.39 is 36.2 Å². The molecule has 4 rings (SSSR count). The van der Waals surface area contributed by atoms with E-state index >= 15 is 0 Å². The number of hydrogen-bond donors (Lipinski definition) is 5. The summed E-state index contributed by atoms with van der Waals surface area (Å²) in [5.74, 6) is -3.20. The lowest BCUT2D eigenvalue weighted by atomic mass is 9.88. The van der Waals surface area contributed by atoms with Gasteiger partial charge in [-0.1, -0.05) is 108 Å². The van der Waals surface area contributed by atoms with Crippen LogP contribution in [0.5, 0.6) is 0 Å². The molecule has 0 bridgehead atoms. The van der Waals surface area contributed by atoms with Crippen LogP contribution in [0, 0.1) is 17.8 Å². The maximum absolute atomic E-state index is 13.3. The first kappa shape index (κ1) is 49.1. The van der Waals surface area contributed by atoms with Gasteiger partial charge in [-0.2, -0.15) is 0 Å². The predicted octanol–water partition coefficient (Wildman–Crippen LogP) is 4.87. The summed E-state index contributed by atoms with van der Waals surface area (Å²) in [6, 6.07) is 14.8. The van der Waals surface area contributed by atoms with Gasteiger partial charge >= 0.3 is 5.97 Å². The molecule has 2 unspecified atom stereocenters. The van der Waals surface area contributed by atoms with Crippen molar-refractivity contribution in [3.63, 3.8) is 0 Å². The maximum atomic E-state index is 13.3. The minimum Gasteiger partial charge on any atom is -0.461 e. The highest BCUT2D eigenvalue weighted by Gasteiger charge is 2.40. The summed E-state index contributed by atoms with van der Waals surface area (Å²) in [4.78, 5) is 103. The van der Waals surface area contributed by atoms with Crippen molar-refractivity contribution < 1.29 is 43.1 Å². The van der Waals surface area contributed by atoms with E-state index in [1.807, 2.05) is 13.0 Å². The Kier molecular flexibility index (Phi) is 21.1. The van der Waals surface area contributed by atoms with Crippen molar-refractivity contribution in [3.05, 3.63) is 65.7 Å². The fourth-order valence-corrected chi connectivity index (χ4v) is 7.80. The second-order valence-corrected chi connectivity index (χ2v) is 16.6. The van der Waals surface area contributed by atoms with E-state index in [4.69, 9.17) is 4.74 Å². The molecule has 7 amide bonds. The van der Waals surface area contributed by atoms with Crippen LogP contribution in [0.4, 0.5) is 5.69 Å². The van der Waals surface area contributed by atoms with Crippen LogP contribution in [0.3, 0.4) is 0 Å². The Morgan fingerprint density at radius 3 is 2.10 bits per heavy atom. The van der Waals surface area contributed by atoms with Gasteiger partial charge in [0.05, 0.1) is 25.6 Å². The number of hydrogen-bond acceptors (Lipinski definition) is 9. The number of likely N-dealkylation sites (tertiary alicyclic amines) is 1. The molecular formula is C47H66N6O9. The number of carbonyl (C=O) groups excluding carboxylic acids is 8. The molecule has 0 spiro atoms. The maximum Gasteiger partial charge on any atom is 0.309 e. The molecule has 338 valence electrons. The average Bonchev–Trinajstić information content (AvgIpc) is 3.54. The van der Waals surface area contributed by atoms with E-state index in [1.165, 1.54) is 11.3 Å². The third-order valence-corrected chi connectivity index (χ3v) is 11.6. The third kappa shape index (κ3) is 17.4. The molecule has 2 aromatic rings. The highest BCUT2D eigenvalue weighted by Crippen LogP contribution is 2.30. The van der Waals surface area contributed by atoms with Crippen LogP contribution in [0.2, 0.25) is 0 Å². The van der Waals surface area contributed by atoms with E-state index in [0.717, 1.165) is 68.9 Å². The Bertz CT molecular complexity index is 1800. The molecular weight excluding hydrogens is 793 g/mol. The molecule has 1 heterocycles. The van der Waals surface area contributed by atoms with Gasteiger partial charge in [-0.25, -0.2) is 0 Å². The van der Waals surface area contributed by atoms with Gasteiger partial charge in [-0.3, -0.25) is 43.3 Å². The third-order valence-electron chi connectivity index (χ3n) is 11.6. The molecule has 0 radical (unpaired) electrons. The van der Waals surface area contributed by atoms with E-state index in [0.29, 0.717) is 31.5 Å². The van der Waals surface area contributed by atoms with Gasteiger partial charge in [0.25, 0.3) is 0 Å². The van der Waals surface area contributed by atoms with Crippen LogP contribution in [-0.4, -0.2) is 84.4 Å². The number of rotatable bonds is 24. The zero-order valence-electron chi connectivity index (χ0n) is 36.5. The Labute approximate surface area is 365 Å². The fourth-order valence-electron chi connectivity index (χ4n) is 7.80. The quantitative estimate of drug-likeness (QED) is 0.0554. The predicted molar refractivity (Wildman–Crippen MR) is 234 cm³/mol. The van der Waals surface area contributed by atoms with E-state index in [1.54, 1.807) is 48.5 Å². The molecule has 62 heavy (non-hydrogen) atoms. The molecule has 1 saturated carbocycles. The van der Waals surface area contributed by atoms with Crippen molar-refractivity contribution in [2.24, 2.45) is 17.8 Å². The molecule has 0 aromatic heterocycles. The smallest absolute Gasteiger partial charge is 0.309 e. The molecule has 2 aliphatic rings. The number of nitrogens with one attached hydrogen (secondary N) is 5. The Morgan fingerprint density at radius 2 is 1.39 bits per heavy atom. The lowest BCUT2D eigenvalue weighted by molar-refractivity contribution is -0.150. The van der Waals surface area contributed by atoms with Crippen LogP contribution >= 0.6 is 0 Å². The molecule has 1 saturated heterocycles. The lowest BCUT2D eigenvalue weighted by Gasteiger charge is -2.19. The van der Waals surface area contributed by atoms with Crippen LogP contribution in [0.25, 0.3) is 0 Å². The topological polar surface area (TPSA) is 209 Å². The second-order valence-electron chi connectivity index (χ2n) is 16.6. The van der Waals surface area contributed by atoms with Gasteiger partial charge in [-0.05, 0) is 61.3 Å². The molecule has 3 atom stereocenters. The minimum absolute atomic E-state index is 0.0562. The Balaban J connectivity index is 1.12. The first-order chi connectivity index (χ1) is 29.9. The van der Waals surface area contributed by atoms with Crippen molar-refractivity contribution in [1.29, 1.82) is 0 Å². The van der Waals surface area contributed by atoms with Crippen molar-refractivity contribution in [3.8, 4) is 0 Å². The summed E-state index contributed by atoms with van der Waals surface area (Å²) in [6.45, 7) is 3.45. The van der Waals surface area contributed by atoms with Crippen LogP contribution < -0.4 is 26.6 Å². The first-order valence-corrected chi connectivity index (χ1v) is 22.5. The molecule has 1 aliphatic carbocycles. The van der Waals surface area contributed by atoms with Crippen molar-refractivity contribution in [1.82, 2.24) is 26.2 Å². The van der Waals surface area contributed by atoms with Crippen molar-refractivity contribution >= 4 is 53.0 Å². The van der Waals surface area contributed by atoms with Gasteiger partial charge < -0.3 is 31.3 Å². The number of ether oxygens (including phenoxy) is 1. The normalized spacial score (nSPS) is 16.6. The number of carbonyl (C=O) groups is 8. The standard InChI is InChI=1S/C47H66N6O9/c1-3-4-16-33(2)38-28-44(58)53(46(38)60)26-15-9-14-21-40(54)48-29-41(55)49-30-43(57)52-39(27-34-17-10-8-11-18-34)45(59)50-31-42(56)51-37-24-22-35(23-25-37)32-62-47(61)36-19-12-6-5-7-13-20-36/h8,10-11,17-18,22-25,33,36,38-39H,3-7,9,12-16,19-21,26-32H2,1-2H3,(H,48,54)(H,49,55)(H,50,59)(H,51,56)(H,52,57)/t33?,38?,39-/m0/s1. The Hall–Kier alpha value is -5.60. The largest absolute Gasteiger partial charge is 0.461 e. The van der Waals surface area contributed by atoms with Gasteiger partial charge in [0.1, 0.15) is 12.6 Å². The van der Waals surface area contributed by atoms with Crippen LogP contribution in [-0.2, 0) is 56.1 Å². The molecule has 2 aromatic carbocycles. The van der Waals surface area contributed by atoms with E-state index in [-0.39, 0.29) is 80.4 Å². The molecule has 1 aliphatic heterocycles. The summed E-state index contributed by atoms with van der Waals surface area (Å²) < 4.78 is 5.58. The number of benzene rings is 2. The monoisotopic (exact) mass is 858 g/mol. The number of imide groups is 1. The van der Waals surface area contributed by atoms with Crippen molar-refractivity contribution in [2.45, 2.75) is 129 Å². The first-order valence-electron chi connectivity index (χ1n) is 22.5. The zero-order chi connectivity index (χ0) is 44.7. The van der Waals surface area contributed by atoms with Gasteiger partial charge in [-0.15, -0.1) is 0 Å². The van der Waals surface area contributed by atoms with Gasteiger partial charge in [0, 0.05) is 37.4 Å². The number of anilines is 1. The number of unbranched alkanes of at least 4 members (excludes halogenated alkanes) is 3. The summed E-state index contributed by atoms with van der Waals surface area (Å²) in [6.07, 6.45) is 12.6. The van der Waals surface area contributed by atoms with Gasteiger partial charge in [0.15, 0.2) is 0 Å². The minimum atomic E-state index is -1.06. The number of nitrogens with zero attached hydrogens (tertiary/aromatic N) is 1. The molecule has 15 heteroatoms.